The number of nitrogens with one attached hydrogen (secondary N) is 2. The zero-order valence-electron chi connectivity index (χ0n) is 16.0. The molecule has 26 heavy (non-hydrogen) atoms. The first-order chi connectivity index (χ1) is 12.3. The third kappa shape index (κ3) is 9.05. The maximum absolute atomic E-state index is 5.38. The molecule has 0 bridgehead atoms. The van der Waals surface area contributed by atoms with Gasteiger partial charge in [0, 0.05) is 26.2 Å². The zero-order chi connectivity index (χ0) is 17.7. The predicted octanol–water partition coefficient (Wildman–Crippen LogP) is 2.48. The Bertz CT molecular complexity index is 505. The largest absolute Gasteiger partial charge is 0.497 e. The number of guanidine groups is 1. The van der Waals surface area contributed by atoms with Crippen molar-refractivity contribution in [2.75, 3.05) is 53.0 Å². The van der Waals surface area contributed by atoms with Gasteiger partial charge in [-0.05, 0) is 44.0 Å². The Morgan fingerprint density at radius 1 is 1.15 bits per heavy atom. The number of hydrogen-bond acceptors (Lipinski definition) is 4. The van der Waals surface area contributed by atoms with E-state index >= 15 is 0 Å². The van der Waals surface area contributed by atoms with Crippen molar-refractivity contribution in [1.82, 2.24) is 15.5 Å². The summed E-state index contributed by atoms with van der Waals surface area (Å²) in [4.78, 5) is 7.13. The highest BCUT2D eigenvalue weighted by atomic mass is 127. The molecule has 0 radical (unpaired) electrons. The minimum absolute atomic E-state index is 0. The predicted molar refractivity (Wildman–Crippen MR) is 118 cm³/mol. The van der Waals surface area contributed by atoms with Gasteiger partial charge >= 0.3 is 0 Å². The average molecular weight is 476 g/mol. The van der Waals surface area contributed by atoms with E-state index in [4.69, 9.17) is 9.47 Å². The molecule has 1 aromatic carbocycles. The van der Waals surface area contributed by atoms with Crippen molar-refractivity contribution in [2.45, 2.75) is 26.3 Å². The van der Waals surface area contributed by atoms with Crippen LogP contribution in [-0.4, -0.2) is 63.9 Å². The molecule has 0 amide bonds. The Morgan fingerprint density at radius 2 is 1.88 bits per heavy atom. The van der Waals surface area contributed by atoms with Crippen molar-refractivity contribution in [3.63, 3.8) is 0 Å². The van der Waals surface area contributed by atoms with Gasteiger partial charge < -0.3 is 20.1 Å². The van der Waals surface area contributed by atoms with Gasteiger partial charge in [0.05, 0.1) is 26.9 Å². The zero-order valence-corrected chi connectivity index (χ0v) is 18.3. The van der Waals surface area contributed by atoms with E-state index in [1.807, 2.05) is 24.3 Å². The molecule has 0 saturated carbocycles. The van der Waals surface area contributed by atoms with Crippen LogP contribution in [0.2, 0.25) is 0 Å². The summed E-state index contributed by atoms with van der Waals surface area (Å²) in [7, 11) is 1.68. The third-order valence-corrected chi connectivity index (χ3v) is 4.22. The van der Waals surface area contributed by atoms with Gasteiger partial charge in [-0.15, -0.1) is 24.0 Å². The molecule has 2 N–H and O–H groups in total. The number of aliphatic imine (C=N–C) groups is 1. The molecule has 0 spiro atoms. The Balaban J connectivity index is 0.00000338. The minimum atomic E-state index is 0. The maximum atomic E-state index is 5.38. The smallest absolute Gasteiger partial charge is 0.191 e. The first-order valence-electron chi connectivity index (χ1n) is 9.27. The second kappa shape index (κ2) is 14.1. The summed E-state index contributed by atoms with van der Waals surface area (Å²) in [6.07, 6.45) is 2.34. The Morgan fingerprint density at radius 3 is 2.54 bits per heavy atom. The summed E-state index contributed by atoms with van der Waals surface area (Å²) >= 11 is 0. The highest BCUT2D eigenvalue weighted by Gasteiger charge is 2.09. The molecule has 1 aliphatic heterocycles. The van der Waals surface area contributed by atoms with E-state index in [2.05, 4.69) is 27.4 Å². The van der Waals surface area contributed by atoms with Crippen molar-refractivity contribution < 1.29 is 9.47 Å². The number of ether oxygens (including phenoxy) is 2. The highest BCUT2D eigenvalue weighted by Crippen LogP contribution is 2.11. The van der Waals surface area contributed by atoms with E-state index in [9.17, 15) is 0 Å². The standard InChI is InChI=1S/C19H32N4O2.HI/c1-3-20-19(22-16-17-6-8-18(24-2)9-7-17)21-10-4-5-11-23-12-14-25-15-13-23;/h6-9H,3-5,10-16H2,1-2H3,(H2,20,21,22);1H. The molecular formula is C19H33IN4O2. The lowest BCUT2D eigenvalue weighted by molar-refractivity contribution is 0.0372. The fourth-order valence-corrected chi connectivity index (χ4v) is 2.74. The topological polar surface area (TPSA) is 58.1 Å². The quantitative estimate of drug-likeness (QED) is 0.248. The normalized spacial score (nSPS) is 15.2. The van der Waals surface area contributed by atoms with Crippen LogP contribution in [0.25, 0.3) is 0 Å². The van der Waals surface area contributed by atoms with Crippen molar-refractivity contribution in [1.29, 1.82) is 0 Å². The first-order valence-corrected chi connectivity index (χ1v) is 9.27. The molecule has 1 aromatic rings. The molecule has 2 rings (SSSR count). The number of methoxy groups -OCH3 is 1. The van der Waals surface area contributed by atoms with Crippen molar-refractivity contribution in [3.8, 4) is 5.75 Å². The summed E-state index contributed by atoms with van der Waals surface area (Å²) in [5.41, 5.74) is 1.17. The first kappa shape index (κ1) is 23.0. The number of hydrogen-bond donors (Lipinski definition) is 2. The monoisotopic (exact) mass is 476 g/mol. The SMILES string of the molecule is CCNC(=NCc1ccc(OC)cc1)NCCCCN1CCOCC1.I. The number of benzene rings is 1. The molecule has 0 unspecified atom stereocenters. The van der Waals surface area contributed by atoms with E-state index in [0.717, 1.165) is 64.1 Å². The van der Waals surface area contributed by atoms with Gasteiger partial charge in [0.2, 0.25) is 0 Å². The van der Waals surface area contributed by atoms with Crippen molar-refractivity contribution in [2.24, 2.45) is 4.99 Å². The summed E-state index contributed by atoms with van der Waals surface area (Å²) in [6.45, 7) is 9.60. The van der Waals surface area contributed by atoms with Crippen molar-refractivity contribution >= 4 is 29.9 Å². The summed E-state index contributed by atoms with van der Waals surface area (Å²) in [5.74, 6) is 1.75. The molecule has 1 heterocycles. The van der Waals surface area contributed by atoms with Crippen LogP contribution in [0.4, 0.5) is 0 Å². The lowest BCUT2D eigenvalue weighted by Crippen LogP contribution is -2.39. The lowest BCUT2D eigenvalue weighted by atomic mass is 10.2. The molecular weight excluding hydrogens is 443 g/mol. The number of halogens is 1. The van der Waals surface area contributed by atoms with Crippen LogP contribution >= 0.6 is 24.0 Å². The van der Waals surface area contributed by atoms with E-state index in [1.54, 1.807) is 7.11 Å². The number of rotatable bonds is 9. The summed E-state index contributed by atoms with van der Waals surface area (Å²) in [5, 5.41) is 6.73. The molecule has 6 nitrogen and oxygen atoms in total. The van der Waals surface area contributed by atoms with Crippen LogP contribution in [0.5, 0.6) is 5.75 Å². The summed E-state index contributed by atoms with van der Waals surface area (Å²) in [6, 6.07) is 8.04. The maximum Gasteiger partial charge on any atom is 0.191 e. The second-order valence-corrected chi connectivity index (χ2v) is 6.13. The Labute approximate surface area is 174 Å². The highest BCUT2D eigenvalue weighted by molar-refractivity contribution is 14.0. The third-order valence-electron chi connectivity index (χ3n) is 4.22. The number of morpholine rings is 1. The molecule has 1 aliphatic rings. The molecule has 0 aromatic heterocycles. The van der Waals surface area contributed by atoms with Crippen LogP contribution in [0.1, 0.15) is 25.3 Å². The van der Waals surface area contributed by atoms with E-state index in [1.165, 1.54) is 12.0 Å². The lowest BCUT2D eigenvalue weighted by Gasteiger charge is -2.26. The second-order valence-electron chi connectivity index (χ2n) is 6.13. The molecule has 7 heteroatoms. The molecule has 0 aliphatic carbocycles. The van der Waals surface area contributed by atoms with E-state index < -0.39 is 0 Å². The average Bonchev–Trinajstić information content (AvgIpc) is 2.67. The minimum Gasteiger partial charge on any atom is -0.497 e. The molecule has 0 atom stereocenters. The van der Waals surface area contributed by atoms with Gasteiger partial charge in [-0.2, -0.15) is 0 Å². The summed E-state index contributed by atoms with van der Waals surface area (Å²) < 4.78 is 10.6. The van der Waals surface area contributed by atoms with Crippen LogP contribution in [0, 0.1) is 0 Å². The number of unbranched alkanes of at least 4 members (excludes halogenated alkanes) is 1. The van der Waals surface area contributed by atoms with Gasteiger partial charge in [0.25, 0.3) is 0 Å². The van der Waals surface area contributed by atoms with Crippen LogP contribution in [0.3, 0.4) is 0 Å². The molecule has 1 fully saturated rings. The fraction of sp³-hybridized carbons (Fsp3) is 0.632. The van der Waals surface area contributed by atoms with Crippen LogP contribution < -0.4 is 15.4 Å². The van der Waals surface area contributed by atoms with Gasteiger partial charge in [0.1, 0.15) is 5.75 Å². The van der Waals surface area contributed by atoms with Crippen LogP contribution in [-0.2, 0) is 11.3 Å². The van der Waals surface area contributed by atoms with Gasteiger partial charge in [-0.25, -0.2) is 4.99 Å². The number of nitrogens with zero attached hydrogens (tertiary/aromatic N) is 2. The van der Waals surface area contributed by atoms with Crippen LogP contribution in [0.15, 0.2) is 29.3 Å². The van der Waals surface area contributed by atoms with E-state index in [0.29, 0.717) is 6.54 Å². The molecule has 1 saturated heterocycles. The van der Waals surface area contributed by atoms with Gasteiger partial charge in [0.15, 0.2) is 5.96 Å². The fourth-order valence-electron chi connectivity index (χ4n) is 2.74. The Hall–Kier alpha value is -1.06. The van der Waals surface area contributed by atoms with Gasteiger partial charge in [-0.1, -0.05) is 12.1 Å². The van der Waals surface area contributed by atoms with Crippen molar-refractivity contribution in [3.05, 3.63) is 29.8 Å². The molecule has 148 valence electrons. The Kier molecular flexibility index (Phi) is 12.4. The van der Waals surface area contributed by atoms with E-state index in [-0.39, 0.29) is 24.0 Å². The van der Waals surface area contributed by atoms with Gasteiger partial charge in [-0.3, -0.25) is 4.90 Å².